The summed E-state index contributed by atoms with van der Waals surface area (Å²) < 4.78 is 1.24. The highest BCUT2D eigenvalue weighted by Crippen LogP contribution is 2.53. The molecule has 0 N–H and O–H groups in total. The van der Waals surface area contributed by atoms with Gasteiger partial charge in [0.25, 0.3) is 0 Å². The van der Waals surface area contributed by atoms with Gasteiger partial charge in [0.15, 0.2) is 0 Å². The van der Waals surface area contributed by atoms with Gasteiger partial charge in [0.2, 0.25) is 0 Å². The summed E-state index contributed by atoms with van der Waals surface area (Å²) in [6, 6.07) is 6.81. The Kier molecular flexibility index (Phi) is 1.40. The minimum atomic E-state index is 0.891. The van der Waals surface area contributed by atoms with Crippen LogP contribution in [0.25, 0.3) is 0 Å². The van der Waals surface area contributed by atoms with Crippen LogP contribution < -0.4 is 0 Å². The highest BCUT2D eigenvalue weighted by Gasteiger charge is 2.36. The van der Waals surface area contributed by atoms with Crippen molar-refractivity contribution >= 4 is 15.9 Å². The lowest BCUT2D eigenvalue weighted by molar-refractivity contribution is 0.717. The predicted octanol–water partition coefficient (Wildman–Crippen LogP) is 3.81. The molecule has 0 saturated heterocycles. The van der Waals surface area contributed by atoms with Crippen molar-refractivity contribution in [2.24, 2.45) is 0 Å². The molecule has 62 valence electrons. The molecule has 0 amide bonds. The Morgan fingerprint density at radius 1 is 1.08 bits per heavy atom. The smallest absolute Gasteiger partial charge is 0.0178 e. The third-order valence-electron chi connectivity index (χ3n) is 3.36. The van der Waals surface area contributed by atoms with E-state index in [1.165, 1.54) is 23.7 Å². The van der Waals surface area contributed by atoms with Crippen molar-refractivity contribution in [1.29, 1.82) is 0 Å². The zero-order chi connectivity index (χ0) is 8.13. The number of halogens is 1. The summed E-state index contributed by atoms with van der Waals surface area (Å²) in [5, 5.41) is 0. The lowest BCUT2D eigenvalue weighted by Gasteiger charge is -2.14. The van der Waals surface area contributed by atoms with E-state index < -0.39 is 0 Å². The van der Waals surface area contributed by atoms with E-state index in [2.05, 4.69) is 34.1 Å². The van der Waals surface area contributed by atoms with Gasteiger partial charge in [-0.2, -0.15) is 0 Å². The fraction of sp³-hybridized carbons (Fsp3) is 0.455. The Labute approximate surface area is 81.1 Å². The van der Waals surface area contributed by atoms with Crippen LogP contribution >= 0.6 is 15.9 Å². The number of hydrogen-bond acceptors (Lipinski definition) is 0. The molecule has 12 heavy (non-hydrogen) atoms. The fourth-order valence-electron chi connectivity index (χ4n) is 2.82. The number of rotatable bonds is 0. The van der Waals surface area contributed by atoms with Crippen LogP contribution in [0.5, 0.6) is 0 Å². The van der Waals surface area contributed by atoms with E-state index in [-0.39, 0.29) is 0 Å². The first kappa shape index (κ1) is 7.14. The minimum Gasteiger partial charge on any atom is -0.0574 e. The van der Waals surface area contributed by atoms with Gasteiger partial charge < -0.3 is 0 Å². The number of hydrogen-bond donors (Lipinski definition) is 0. The monoisotopic (exact) mass is 222 g/mol. The maximum atomic E-state index is 3.54. The van der Waals surface area contributed by atoms with Gasteiger partial charge in [-0.05, 0) is 54.4 Å². The topological polar surface area (TPSA) is 0 Å². The van der Waals surface area contributed by atoms with Crippen molar-refractivity contribution < 1.29 is 0 Å². The van der Waals surface area contributed by atoms with Gasteiger partial charge in [-0.15, -0.1) is 0 Å². The molecule has 1 saturated carbocycles. The Morgan fingerprint density at radius 2 is 1.83 bits per heavy atom. The van der Waals surface area contributed by atoms with Crippen molar-refractivity contribution in [3.63, 3.8) is 0 Å². The molecule has 1 aromatic carbocycles. The molecule has 3 rings (SSSR count). The Morgan fingerprint density at radius 3 is 2.67 bits per heavy atom. The first-order valence-corrected chi connectivity index (χ1v) is 5.43. The average molecular weight is 223 g/mol. The molecule has 1 aromatic rings. The minimum absolute atomic E-state index is 0.891. The van der Waals surface area contributed by atoms with Gasteiger partial charge in [-0.1, -0.05) is 22.0 Å². The fourth-order valence-corrected chi connectivity index (χ4v) is 3.20. The Bertz CT molecular complexity index is 330. The van der Waals surface area contributed by atoms with Gasteiger partial charge in [0.1, 0.15) is 0 Å². The predicted molar refractivity (Wildman–Crippen MR) is 53.5 cm³/mol. The molecule has 1 fully saturated rings. The largest absolute Gasteiger partial charge is 0.0574 e. The molecule has 2 atom stereocenters. The third kappa shape index (κ3) is 0.832. The van der Waals surface area contributed by atoms with E-state index in [1.54, 1.807) is 11.1 Å². The van der Waals surface area contributed by atoms with Crippen LogP contribution in [0.1, 0.15) is 42.2 Å². The molecule has 2 aliphatic rings. The Hall–Kier alpha value is -0.300. The Balaban J connectivity index is 2.20. The molecule has 2 aliphatic carbocycles. The van der Waals surface area contributed by atoms with Crippen molar-refractivity contribution in [2.45, 2.75) is 31.1 Å². The summed E-state index contributed by atoms with van der Waals surface area (Å²) in [6.07, 6.45) is 4.28. The van der Waals surface area contributed by atoms with Gasteiger partial charge in [-0.25, -0.2) is 0 Å². The number of benzene rings is 1. The molecule has 0 heterocycles. The maximum Gasteiger partial charge on any atom is 0.0178 e. The first-order valence-electron chi connectivity index (χ1n) is 4.64. The quantitative estimate of drug-likeness (QED) is 0.627. The summed E-state index contributed by atoms with van der Waals surface area (Å²) >= 11 is 3.54. The summed E-state index contributed by atoms with van der Waals surface area (Å²) in [6.45, 7) is 0. The van der Waals surface area contributed by atoms with E-state index in [0.717, 1.165) is 11.8 Å². The van der Waals surface area contributed by atoms with Crippen molar-refractivity contribution in [3.05, 3.63) is 33.8 Å². The summed E-state index contributed by atoms with van der Waals surface area (Å²) in [5.41, 5.74) is 3.26. The van der Waals surface area contributed by atoms with E-state index in [4.69, 9.17) is 0 Å². The molecular formula is C11H11Br. The molecule has 0 spiro atoms. The molecule has 0 radical (unpaired) electrons. The van der Waals surface area contributed by atoms with Gasteiger partial charge >= 0.3 is 0 Å². The average Bonchev–Trinajstić information content (AvgIpc) is 2.63. The molecular weight excluding hydrogens is 212 g/mol. The lowest BCUT2D eigenvalue weighted by Crippen LogP contribution is -1.96. The maximum absolute atomic E-state index is 3.54. The van der Waals surface area contributed by atoms with Crippen LogP contribution in [-0.4, -0.2) is 0 Å². The van der Waals surface area contributed by atoms with Crippen molar-refractivity contribution in [3.8, 4) is 0 Å². The van der Waals surface area contributed by atoms with E-state index in [9.17, 15) is 0 Å². The van der Waals surface area contributed by atoms with Crippen LogP contribution in [0.15, 0.2) is 22.7 Å². The van der Waals surface area contributed by atoms with Crippen LogP contribution in [0.3, 0.4) is 0 Å². The summed E-state index contributed by atoms with van der Waals surface area (Å²) in [5.74, 6) is 1.79. The zero-order valence-corrected chi connectivity index (χ0v) is 8.47. The SMILES string of the molecule is Brc1ccc2c(c1)C1CC[C@H]2C1. The summed E-state index contributed by atoms with van der Waals surface area (Å²) in [4.78, 5) is 0. The molecule has 0 aliphatic heterocycles. The second-order valence-electron chi connectivity index (χ2n) is 3.98. The van der Waals surface area contributed by atoms with E-state index in [0.29, 0.717) is 0 Å². The zero-order valence-electron chi connectivity index (χ0n) is 6.89. The van der Waals surface area contributed by atoms with Crippen molar-refractivity contribution in [1.82, 2.24) is 0 Å². The molecule has 1 unspecified atom stereocenters. The highest BCUT2D eigenvalue weighted by molar-refractivity contribution is 9.10. The second-order valence-corrected chi connectivity index (χ2v) is 4.90. The van der Waals surface area contributed by atoms with Crippen LogP contribution in [-0.2, 0) is 0 Å². The standard InChI is InChI=1S/C11H11Br/c12-9-3-4-10-7-1-2-8(5-7)11(10)6-9/h3-4,6-8H,1-2,5H2/t7-,8?/m0/s1. The molecule has 1 heteroatoms. The van der Waals surface area contributed by atoms with Crippen LogP contribution in [0, 0.1) is 0 Å². The van der Waals surface area contributed by atoms with Gasteiger partial charge in [0, 0.05) is 4.47 Å². The number of fused-ring (bicyclic) bond motifs is 5. The third-order valence-corrected chi connectivity index (χ3v) is 3.85. The normalized spacial score (nSPS) is 30.8. The highest BCUT2D eigenvalue weighted by atomic mass is 79.9. The van der Waals surface area contributed by atoms with Gasteiger partial charge in [0.05, 0.1) is 0 Å². The van der Waals surface area contributed by atoms with Crippen LogP contribution in [0.4, 0.5) is 0 Å². The van der Waals surface area contributed by atoms with Gasteiger partial charge in [-0.3, -0.25) is 0 Å². The molecule has 0 aromatic heterocycles. The van der Waals surface area contributed by atoms with Crippen molar-refractivity contribution in [2.75, 3.05) is 0 Å². The summed E-state index contributed by atoms with van der Waals surface area (Å²) in [7, 11) is 0. The van der Waals surface area contributed by atoms with E-state index >= 15 is 0 Å². The first-order chi connectivity index (χ1) is 5.84. The van der Waals surface area contributed by atoms with Crippen LogP contribution in [0.2, 0.25) is 0 Å². The molecule has 0 nitrogen and oxygen atoms in total. The molecule has 2 bridgehead atoms. The van der Waals surface area contributed by atoms with E-state index in [1.807, 2.05) is 0 Å². The second kappa shape index (κ2) is 2.35. The lowest BCUT2D eigenvalue weighted by atomic mass is 9.92.